The highest BCUT2D eigenvalue weighted by Gasteiger charge is 2.10. The van der Waals surface area contributed by atoms with Crippen molar-refractivity contribution in [2.45, 2.75) is 6.61 Å². The van der Waals surface area contributed by atoms with E-state index >= 15 is 0 Å². The molecule has 6 nitrogen and oxygen atoms in total. The summed E-state index contributed by atoms with van der Waals surface area (Å²) in [6.45, 7) is 0.155. The zero-order chi connectivity index (χ0) is 18.8. The number of benzene rings is 1. The van der Waals surface area contributed by atoms with E-state index in [1.54, 1.807) is 28.9 Å². The van der Waals surface area contributed by atoms with Crippen LogP contribution in [0.4, 0.5) is 8.78 Å². The number of methoxy groups -OCH3 is 1. The van der Waals surface area contributed by atoms with Crippen LogP contribution in [-0.4, -0.2) is 26.5 Å². The Bertz CT molecular complexity index is 1110. The zero-order valence-electron chi connectivity index (χ0n) is 14.3. The molecule has 0 spiro atoms. The van der Waals surface area contributed by atoms with Gasteiger partial charge in [-0.2, -0.15) is 4.39 Å². The summed E-state index contributed by atoms with van der Waals surface area (Å²) in [6, 6.07) is 7.09. The number of pyridine rings is 1. The molecule has 0 radical (unpaired) electrons. The Kier molecular flexibility index (Phi) is 4.37. The van der Waals surface area contributed by atoms with Crippen LogP contribution in [0.2, 0.25) is 0 Å². The van der Waals surface area contributed by atoms with E-state index in [0.29, 0.717) is 28.5 Å². The molecular weight excluding hydrogens is 354 g/mol. The van der Waals surface area contributed by atoms with Crippen LogP contribution in [-0.2, 0) is 6.61 Å². The number of hydrogen-bond acceptors (Lipinski definition) is 5. The first kappa shape index (κ1) is 16.9. The van der Waals surface area contributed by atoms with Crippen LogP contribution in [0.25, 0.3) is 16.9 Å². The molecule has 136 valence electrons. The van der Waals surface area contributed by atoms with Gasteiger partial charge in [-0.1, -0.05) is 0 Å². The first-order valence-corrected chi connectivity index (χ1v) is 8.04. The van der Waals surface area contributed by atoms with Crippen LogP contribution >= 0.6 is 0 Å². The van der Waals surface area contributed by atoms with Crippen LogP contribution in [0, 0.1) is 11.8 Å². The first-order valence-electron chi connectivity index (χ1n) is 8.04. The van der Waals surface area contributed by atoms with E-state index in [9.17, 15) is 8.78 Å². The standard InChI is InChI=1S/C19H14F2N4O2/c1-26-17-6-13(20)2-3-16(17)12-8-23-19-24-14(10-25(19)9-12)11-27-15-4-5-22-18(21)7-15/h2-10H,11H2,1H3. The minimum atomic E-state index is -0.609. The third kappa shape index (κ3) is 3.55. The molecule has 0 saturated carbocycles. The minimum absolute atomic E-state index is 0.155. The first-order chi connectivity index (χ1) is 13.1. The number of rotatable bonds is 5. The molecule has 1 aromatic carbocycles. The van der Waals surface area contributed by atoms with E-state index in [1.165, 1.54) is 31.5 Å². The van der Waals surface area contributed by atoms with Crippen molar-refractivity contribution in [1.82, 2.24) is 19.4 Å². The second-order valence-electron chi connectivity index (χ2n) is 5.73. The molecule has 0 N–H and O–H groups in total. The zero-order valence-corrected chi connectivity index (χ0v) is 14.3. The normalized spacial score (nSPS) is 10.9. The monoisotopic (exact) mass is 368 g/mol. The van der Waals surface area contributed by atoms with Gasteiger partial charge in [0.15, 0.2) is 0 Å². The van der Waals surface area contributed by atoms with Crippen LogP contribution in [0.3, 0.4) is 0 Å². The highest BCUT2D eigenvalue weighted by molar-refractivity contribution is 5.69. The van der Waals surface area contributed by atoms with E-state index in [4.69, 9.17) is 9.47 Å². The SMILES string of the molecule is COc1cc(F)ccc1-c1cnc2nc(COc3ccnc(F)c3)cn2c1. The largest absolute Gasteiger partial charge is 0.496 e. The Morgan fingerprint density at radius 1 is 1.07 bits per heavy atom. The second-order valence-corrected chi connectivity index (χ2v) is 5.73. The highest BCUT2D eigenvalue weighted by atomic mass is 19.1. The predicted molar refractivity (Wildman–Crippen MR) is 93.5 cm³/mol. The summed E-state index contributed by atoms with van der Waals surface area (Å²) in [5.41, 5.74) is 2.09. The van der Waals surface area contributed by atoms with Gasteiger partial charge in [0.1, 0.15) is 23.9 Å². The second kappa shape index (κ2) is 6.99. The summed E-state index contributed by atoms with van der Waals surface area (Å²) in [4.78, 5) is 12.2. The Morgan fingerprint density at radius 2 is 1.96 bits per heavy atom. The van der Waals surface area contributed by atoms with Gasteiger partial charge < -0.3 is 9.47 Å². The van der Waals surface area contributed by atoms with E-state index < -0.39 is 5.95 Å². The molecule has 8 heteroatoms. The molecule has 3 heterocycles. The van der Waals surface area contributed by atoms with Crippen molar-refractivity contribution in [3.05, 3.63) is 72.6 Å². The van der Waals surface area contributed by atoms with Gasteiger partial charge in [0.25, 0.3) is 0 Å². The Morgan fingerprint density at radius 3 is 2.78 bits per heavy atom. The average Bonchev–Trinajstić information content (AvgIpc) is 3.08. The minimum Gasteiger partial charge on any atom is -0.496 e. The maximum Gasteiger partial charge on any atom is 0.234 e. The van der Waals surface area contributed by atoms with Gasteiger partial charge in [0.2, 0.25) is 11.7 Å². The van der Waals surface area contributed by atoms with Crippen LogP contribution < -0.4 is 9.47 Å². The Balaban J connectivity index is 1.60. The molecule has 0 fully saturated rings. The van der Waals surface area contributed by atoms with Crippen LogP contribution in [0.15, 0.2) is 55.1 Å². The van der Waals surface area contributed by atoms with Crippen molar-refractivity contribution in [1.29, 1.82) is 0 Å². The molecule has 3 aromatic heterocycles. The van der Waals surface area contributed by atoms with E-state index in [1.807, 2.05) is 6.20 Å². The number of hydrogen-bond donors (Lipinski definition) is 0. The van der Waals surface area contributed by atoms with Gasteiger partial charge in [-0.05, 0) is 18.2 Å². The molecule has 0 bridgehead atoms. The van der Waals surface area contributed by atoms with Crippen molar-refractivity contribution in [2.75, 3.05) is 7.11 Å². The topological polar surface area (TPSA) is 61.5 Å². The molecular formula is C19H14F2N4O2. The van der Waals surface area contributed by atoms with E-state index in [-0.39, 0.29) is 12.4 Å². The fourth-order valence-electron chi connectivity index (χ4n) is 2.68. The number of ether oxygens (including phenoxy) is 2. The third-order valence-corrected chi connectivity index (χ3v) is 3.92. The van der Waals surface area contributed by atoms with Crippen molar-refractivity contribution in [3.63, 3.8) is 0 Å². The van der Waals surface area contributed by atoms with Gasteiger partial charge in [-0.3, -0.25) is 4.40 Å². The van der Waals surface area contributed by atoms with Gasteiger partial charge in [-0.15, -0.1) is 0 Å². The average molecular weight is 368 g/mol. The number of aromatic nitrogens is 4. The number of nitrogens with zero attached hydrogens (tertiary/aromatic N) is 4. The molecule has 4 rings (SSSR count). The van der Waals surface area contributed by atoms with E-state index in [2.05, 4.69) is 15.0 Å². The van der Waals surface area contributed by atoms with Crippen LogP contribution in [0.1, 0.15) is 5.69 Å². The molecule has 0 aliphatic heterocycles. The lowest BCUT2D eigenvalue weighted by atomic mass is 10.1. The number of imidazole rings is 1. The summed E-state index contributed by atoms with van der Waals surface area (Å²) >= 11 is 0. The summed E-state index contributed by atoms with van der Waals surface area (Å²) in [5.74, 6) is 0.282. The predicted octanol–water partition coefficient (Wildman–Crippen LogP) is 3.66. The van der Waals surface area contributed by atoms with Gasteiger partial charge in [-0.25, -0.2) is 19.3 Å². The molecule has 0 unspecified atom stereocenters. The summed E-state index contributed by atoms with van der Waals surface area (Å²) in [6.07, 6.45) is 6.55. The third-order valence-electron chi connectivity index (χ3n) is 3.92. The molecule has 27 heavy (non-hydrogen) atoms. The molecule has 4 aromatic rings. The Labute approximate surface area is 153 Å². The lowest BCUT2D eigenvalue weighted by Gasteiger charge is -2.08. The van der Waals surface area contributed by atoms with Crippen molar-refractivity contribution in [3.8, 4) is 22.6 Å². The quantitative estimate of drug-likeness (QED) is 0.503. The molecule has 0 atom stereocenters. The van der Waals surface area contributed by atoms with Crippen molar-refractivity contribution < 1.29 is 18.3 Å². The smallest absolute Gasteiger partial charge is 0.234 e. The molecule has 0 aliphatic carbocycles. The molecule has 0 saturated heterocycles. The van der Waals surface area contributed by atoms with Gasteiger partial charge >= 0.3 is 0 Å². The Hall–Kier alpha value is -3.55. The van der Waals surface area contributed by atoms with E-state index in [0.717, 1.165) is 5.56 Å². The number of fused-ring (bicyclic) bond motifs is 1. The fraction of sp³-hybridized carbons (Fsp3) is 0.105. The molecule has 0 aliphatic rings. The van der Waals surface area contributed by atoms with Crippen molar-refractivity contribution >= 4 is 5.78 Å². The van der Waals surface area contributed by atoms with Gasteiger partial charge in [0, 0.05) is 48.0 Å². The summed E-state index contributed by atoms with van der Waals surface area (Å²) in [5, 5.41) is 0. The highest BCUT2D eigenvalue weighted by Crippen LogP contribution is 2.30. The maximum atomic E-state index is 13.4. The summed E-state index contributed by atoms with van der Waals surface area (Å²) < 4.78 is 39.0. The van der Waals surface area contributed by atoms with Crippen LogP contribution in [0.5, 0.6) is 11.5 Å². The lowest BCUT2D eigenvalue weighted by Crippen LogP contribution is -1.96. The van der Waals surface area contributed by atoms with Crippen molar-refractivity contribution in [2.24, 2.45) is 0 Å². The maximum absolute atomic E-state index is 13.4. The fourth-order valence-corrected chi connectivity index (χ4v) is 2.68. The summed E-state index contributed by atoms with van der Waals surface area (Å²) in [7, 11) is 1.48. The van der Waals surface area contributed by atoms with Gasteiger partial charge in [0.05, 0.1) is 12.8 Å². The lowest BCUT2D eigenvalue weighted by molar-refractivity contribution is 0.299. The number of halogens is 2. The molecule has 0 amide bonds.